The fraction of sp³-hybridized carbons (Fsp3) is 0.412. The van der Waals surface area contributed by atoms with Gasteiger partial charge in [0.15, 0.2) is 0 Å². The molecule has 5 heteroatoms. The second kappa shape index (κ2) is 6.64. The standard InChI is InChI=1S/C17H22N4O/c1-12(16-10-19-20-11-16)21-17(22)18-9-13-7-15(8-13)14-5-3-2-4-6-14/h2-6,10-13,15H,7-9H2,1H3,(H,19,20)(H2,18,21,22)/t12-,13?,15?/m1/s1. The van der Waals surface area contributed by atoms with Crippen LogP contribution in [0.2, 0.25) is 0 Å². The maximum absolute atomic E-state index is 11.9. The molecule has 1 heterocycles. The number of carbonyl (C=O) groups excluding carboxylic acids is 1. The molecule has 1 aromatic carbocycles. The Morgan fingerprint density at radius 3 is 2.82 bits per heavy atom. The zero-order chi connectivity index (χ0) is 15.4. The third kappa shape index (κ3) is 3.47. The minimum absolute atomic E-state index is 0.0443. The van der Waals surface area contributed by atoms with Crippen molar-refractivity contribution in [3.05, 3.63) is 53.9 Å². The molecule has 0 aliphatic heterocycles. The van der Waals surface area contributed by atoms with Gasteiger partial charge in [0.05, 0.1) is 12.2 Å². The normalized spacial score (nSPS) is 21.7. The molecule has 1 aliphatic rings. The van der Waals surface area contributed by atoms with E-state index in [2.05, 4.69) is 45.1 Å². The van der Waals surface area contributed by atoms with Crippen molar-refractivity contribution in [2.75, 3.05) is 6.54 Å². The minimum atomic E-state index is -0.114. The van der Waals surface area contributed by atoms with Crippen LogP contribution in [0, 0.1) is 5.92 Å². The number of urea groups is 1. The Balaban J connectivity index is 1.36. The van der Waals surface area contributed by atoms with Gasteiger partial charge in [-0.3, -0.25) is 5.10 Å². The van der Waals surface area contributed by atoms with Crippen molar-refractivity contribution in [3.63, 3.8) is 0 Å². The zero-order valence-electron chi connectivity index (χ0n) is 12.8. The maximum Gasteiger partial charge on any atom is 0.315 e. The Bertz CT molecular complexity index is 590. The Hall–Kier alpha value is -2.30. The van der Waals surface area contributed by atoms with Gasteiger partial charge in [0, 0.05) is 18.3 Å². The van der Waals surface area contributed by atoms with Crippen LogP contribution in [-0.4, -0.2) is 22.8 Å². The lowest BCUT2D eigenvalue weighted by atomic mass is 9.71. The van der Waals surface area contributed by atoms with Gasteiger partial charge in [-0.2, -0.15) is 5.10 Å². The molecule has 3 rings (SSSR count). The molecule has 22 heavy (non-hydrogen) atoms. The van der Waals surface area contributed by atoms with Crippen LogP contribution in [0.5, 0.6) is 0 Å². The highest BCUT2D eigenvalue weighted by atomic mass is 16.2. The molecule has 0 unspecified atom stereocenters. The lowest BCUT2D eigenvalue weighted by molar-refractivity contribution is 0.222. The van der Waals surface area contributed by atoms with E-state index in [1.807, 2.05) is 13.0 Å². The molecule has 116 valence electrons. The highest BCUT2D eigenvalue weighted by Gasteiger charge is 2.30. The minimum Gasteiger partial charge on any atom is -0.338 e. The number of carbonyl (C=O) groups is 1. The second-order valence-electron chi connectivity index (χ2n) is 6.05. The average Bonchev–Trinajstić information content (AvgIpc) is 3.01. The van der Waals surface area contributed by atoms with Gasteiger partial charge < -0.3 is 10.6 Å². The molecule has 1 saturated carbocycles. The summed E-state index contributed by atoms with van der Waals surface area (Å²) in [5, 5.41) is 12.5. The van der Waals surface area contributed by atoms with E-state index in [0.29, 0.717) is 11.8 Å². The Morgan fingerprint density at radius 2 is 2.14 bits per heavy atom. The van der Waals surface area contributed by atoms with Crippen LogP contribution in [0.1, 0.15) is 42.9 Å². The summed E-state index contributed by atoms with van der Waals surface area (Å²) < 4.78 is 0. The summed E-state index contributed by atoms with van der Waals surface area (Å²) in [6, 6.07) is 10.4. The van der Waals surface area contributed by atoms with Crippen molar-refractivity contribution in [1.82, 2.24) is 20.8 Å². The smallest absolute Gasteiger partial charge is 0.315 e. The monoisotopic (exact) mass is 298 g/mol. The van der Waals surface area contributed by atoms with Crippen LogP contribution in [0.15, 0.2) is 42.7 Å². The summed E-state index contributed by atoms with van der Waals surface area (Å²) in [4.78, 5) is 11.9. The van der Waals surface area contributed by atoms with Crippen molar-refractivity contribution >= 4 is 6.03 Å². The Kier molecular flexibility index (Phi) is 4.42. The molecule has 3 N–H and O–H groups in total. The molecule has 0 spiro atoms. The molecule has 0 bridgehead atoms. The first kappa shape index (κ1) is 14.6. The molecule has 1 aliphatic carbocycles. The van der Waals surface area contributed by atoms with E-state index in [9.17, 15) is 4.79 Å². The van der Waals surface area contributed by atoms with E-state index in [-0.39, 0.29) is 12.1 Å². The number of aromatic amines is 1. The summed E-state index contributed by atoms with van der Waals surface area (Å²) in [5.41, 5.74) is 2.39. The van der Waals surface area contributed by atoms with E-state index in [1.54, 1.807) is 12.4 Å². The van der Waals surface area contributed by atoms with Gasteiger partial charge in [0.1, 0.15) is 0 Å². The van der Waals surface area contributed by atoms with Gasteiger partial charge in [-0.05, 0) is 37.2 Å². The van der Waals surface area contributed by atoms with Gasteiger partial charge in [-0.1, -0.05) is 30.3 Å². The van der Waals surface area contributed by atoms with E-state index in [0.717, 1.165) is 24.9 Å². The van der Waals surface area contributed by atoms with Crippen LogP contribution >= 0.6 is 0 Å². The molecule has 0 saturated heterocycles. The first-order valence-electron chi connectivity index (χ1n) is 7.80. The van der Waals surface area contributed by atoms with E-state index in [4.69, 9.17) is 0 Å². The number of hydrogen-bond donors (Lipinski definition) is 3. The second-order valence-corrected chi connectivity index (χ2v) is 6.05. The molecule has 5 nitrogen and oxygen atoms in total. The largest absolute Gasteiger partial charge is 0.338 e. The van der Waals surface area contributed by atoms with Crippen molar-refractivity contribution in [2.24, 2.45) is 5.92 Å². The highest BCUT2D eigenvalue weighted by molar-refractivity contribution is 5.74. The number of nitrogens with zero attached hydrogens (tertiary/aromatic N) is 1. The molecule has 2 amide bonds. The average molecular weight is 298 g/mol. The van der Waals surface area contributed by atoms with E-state index in [1.165, 1.54) is 5.56 Å². The molecule has 1 fully saturated rings. The van der Waals surface area contributed by atoms with Crippen molar-refractivity contribution in [2.45, 2.75) is 31.7 Å². The van der Waals surface area contributed by atoms with Crippen LogP contribution in [-0.2, 0) is 0 Å². The third-order valence-electron chi connectivity index (χ3n) is 4.42. The fourth-order valence-corrected chi connectivity index (χ4v) is 2.97. The van der Waals surface area contributed by atoms with Gasteiger partial charge in [-0.15, -0.1) is 0 Å². The number of nitrogens with one attached hydrogen (secondary N) is 3. The quantitative estimate of drug-likeness (QED) is 0.794. The number of rotatable bonds is 5. The molecular formula is C17H22N4O. The maximum atomic E-state index is 11.9. The molecule has 0 radical (unpaired) electrons. The lowest BCUT2D eigenvalue weighted by Gasteiger charge is -2.35. The molecule has 2 aromatic rings. The van der Waals surface area contributed by atoms with Crippen LogP contribution in [0.25, 0.3) is 0 Å². The van der Waals surface area contributed by atoms with E-state index >= 15 is 0 Å². The van der Waals surface area contributed by atoms with Crippen LogP contribution < -0.4 is 10.6 Å². The number of aromatic nitrogens is 2. The summed E-state index contributed by atoms with van der Waals surface area (Å²) in [7, 11) is 0. The first-order valence-corrected chi connectivity index (χ1v) is 7.80. The third-order valence-corrected chi connectivity index (χ3v) is 4.42. The summed E-state index contributed by atoms with van der Waals surface area (Å²) in [6.45, 7) is 2.69. The number of amides is 2. The summed E-state index contributed by atoms with van der Waals surface area (Å²) in [5.74, 6) is 1.24. The van der Waals surface area contributed by atoms with Crippen molar-refractivity contribution in [3.8, 4) is 0 Å². The van der Waals surface area contributed by atoms with Crippen molar-refractivity contribution in [1.29, 1.82) is 0 Å². The van der Waals surface area contributed by atoms with Gasteiger partial charge >= 0.3 is 6.03 Å². The summed E-state index contributed by atoms with van der Waals surface area (Å²) in [6.07, 6.45) is 5.83. The van der Waals surface area contributed by atoms with Gasteiger partial charge in [0.2, 0.25) is 0 Å². The fourth-order valence-electron chi connectivity index (χ4n) is 2.97. The molecule has 1 atom stereocenters. The predicted octanol–water partition coefficient (Wildman–Crippen LogP) is 2.96. The van der Waals surface area contributed by atoms with Crippen molar-refractivity contribution < 1.29 is 4.79 Å². The number of hydrogen-bond acceptors (Lipinski definition) is 2. The van der Waals surface area contributed by atoms with Gasteiger partial charge in [-0.25, -0.2) is 4.79 Å². The number of H-pyrrole nitrogens is 1. The molecule has 1 aromatic heterocycles. The molecular weight excluding hydrogens is 276 g/mol. The SMILES string of the molecule is C[C@@H](NC(=O)NCC1CC(c2ccccc2)C1)c1cn[nH]c1. The highest BCUT2D eigenvalue weighted by Crippen LogP contribution is 2.40. The van der Waals surface area contributed by atoms with Gasteiger partial charge in [0.25, 0.3) is 0 Å². The lowest BCUT2D eigenvalue weighted by Crippen LogP contribution is -2.41. The number of benzene rings is 1. The summed E-state index contributed by atoms with van der Waals surface area (Å²) >= 11 is 0. The van der Waals surface area contributed by atoms with Crippen LogP contribution in [0.4, 0.5) is 4.79 Å². The zero-order valence-corrected chi connectivity index (χ0v) is 12.8. The first-order chi connectivity index (χ1) is 10.7. The predicted molar refractivity (Wildman–Crippen MR) is 85.4 cm³/mol. The Morgan fingerprint density at radius 1 is 1.36 bits per heavy atom. The van der Waals surface area contributed by atoms with E-state index < -0.39 is 0 Å². The Labute approximate surface area is 130 Å². The van der Waals surface area contributed by atoms with Crippen LogP contribution in [0.3, 0.4) is 0 Å². The topological polar surface area (TPSA) is 69.8 Å².